The normalized spacial score (nSPS) is 22.8. The average Bonchev–Trinajstić information content (AvgIpc) is 2.81. The van der Waals surface area contributed by atoms with Gasteiger partial charge in [-0.3, -0.25) is 9.69 Å². The molecule has 1 atom stereocenters. The molecule has 2 aliphatic heterocycles. The van der Waals surface area contributed by atoms with E-state index in [2.05, 4.69) is 4.90 Å². The molecule has 26 heavy (non-hydrogen) atoms. The minimum absolute atomic E-state index is 0.0253. The fraction of sp³-hybridized carbons (Fsp3) is 0.875. The minimum atomic E-state index is -3.58. The first kappa shape index (κ1) is 21.2. The predicted molar refractivity (Wildman–Crippen MR) is 98.6 cm³/mol. The van der Waals surface area contributed by atoms with Crippen LogP contribution in [-0.4, -0.2) is 92.3 Å². The summed E-state index contributed by atoms with van der Waals surface area (Å²) >= 11 is 0. The van der Waals surface area contributed by atoms with Crippen molar-refractivity contribution in [2.24, 2.45) is 5.92 Å². The molecular formula is C16H28ClN3O5S. The van der Waals surface area contributed by atoms with Gasteiger partial charge in [0.2, 0.25) is 15.0 Å². The number of hydrogen-bond donors (Lipinski definition) is 0. The molecule has 0 bridgehead atoms. The van der Waals surface area contributed by atoms with Crippen molar-refractivity contribution in [2.75, 3.05) is 51.6 Å². The first-order chi connectivity index (χ1) is 11.9. The number of halogens is 1. The van der Waals surface area contributed by atoms with Crippen LogP contribution in [0.1, 0.15) is 27.2 Å². The molecule has 2 rings (SSSR count). The maximum absolute atomic E-state index is 12.1. The van der Waals surface area contributed by atoms with Crippen LogP contribution in [-0.2, 0) is 18.6 Å². The lowest BCUT2D eigenvalue weighted by Crippen LogP contribution is -2.51. The number of carbonyl (C=O) groups is 2. The maximum Gasteiger partial charge on any atom is 0.410 e. The van der Waals surface area contributed by atoms with Gasteiger partial charge in [-0.2, -0.15) is 0 Å². The molecular weight excluding hydrogens is 382 g/mol. The van der Waals surface area contributed by atoms with Gasteiger partial charge in [-0.25, -0.2) is 13.2 Å². The summed E-state index contributed by atoms with van der Waals surface area (Å²) in [6.45, 7) is 9.86. The fourth-order valence-corrected chi connectivity index (χ4v) is 4.53. The van der Waals surface area contributed by atoms with E-state index in [1.807, 2.05) is 20.8 Å². The van der Waals surface area contributed by atoms with E-state index in [0.29, 0.717) is 32.7 Å². The summed E-state index contributed by atoms with van der Waals surface area (Å²) < 4.78 is 27.7. The van der Waals surface area contributed by atoms with Gasteiger partial charge >= 0.3 is 6.09 Å². The zero-order valence-electron chi connectivity index (χ0n) is 15.6. The van der Waals surface area contributed by atoms with Gasteiger partial charge in [-0.15, -0.1) is 0 Å². The van der Waals surface area contributed by atoms with Gasteiger partial charge in [0.25, 0.3) is 0 Å². The Labute approximate surface area is 159 Å². The quantitative estimate of drug-likeness (QED) is 0.628. The lowest BCUT2D eigenvalue weighted by Gasteiger charge is -2.36. The molecule has 0 aliphatic carbocycles. The Morgan fingerprint density at radius 1 is 1.19 bits per heavy atom. The summed E-state index contributed by atoms with van der Waals surface area (Å²) in [6, 6.07) is 0. The summed E-state index contributed by atoms with van der Waals surface area (Å²) in [5.41, 5.74) is -0.503. The standard InChI is InChI=1S/C16H28ClN3O5S/c1-16(2,3)25-15(22)19-7-4-18(5-8-19)6-9-20-11-13(10-14(20)21)12-26(17,23)24/h13H,4-12H2,1-3H3. The molecule has 10 heteroatoms. The molecule has 8 nitrogen and oxygen atoms in total. The maximum atomic E-state index is 12.1. The molecule has 0 spiro atoms. The first-order valence-electron chi connectivity index (χ1n) is 8.83. The highest BCUT2D eigenvalue weighted by Gasteiger charge is 2.32. The lowest BCUT2D eigenvalue weighted by atomic mass is 10.1. The fourth-order valence-electron chi connectivity index (χ4n) is 3.21. The molecule has 2 fully saturated rings. The SMILES string of the molecule is CC(C)(C)OC(=O)N1CCN(CCN2CC(CS(=O)(=O)Cl)CC2=O)CC1. The van der Waals surface area contributed by atoms with E-state index in [9.17, 15) is 18.0 Å². The highest BCUT2D eigenvalue weighted by atomic mass is 35.7. The second kappa shape index (κ2) is 8.31. The Hall–Kier alpha value is -1.06. The highest BCUT2D eigenvalue weighted by Crippen LogP contribution is 2.21. The summed E-state index contributed by atoms with van der Waals surface area (Å²) in [5.74, 6) is -0.414. The van der Waals surface area contributed by atoms with Gasteiger partial charge in [-0.05, 0) is 20.8 Å². The number of nitrogens with zero attached hydrogens (tertiary/aromatic N) is 3. The number of rotatable bonds is 5. The van der Waals surface area contributed by atoms with Gasteiger partial charge in [-0.1, -0.05) is 0 Å². The van der Waals surface area contributed by atoms with Crippen molar-refractivity contribution in [1.82, 2.24) is 14.7 Å². The third-order valence-electron chi connectivity index (χ3n) is 4.44. The number of piperazine rings is 1. The third kappa shape index (κ3) is 6.92. The van der Waals surface area contributed by atoms with E-state index in [4.69, 9.17) is 15.4 Å². The second-order valence-electron chi connectivity index (χ2n) is 7.92. The Bertz CT molecular complexity index is 626. The monoisotopic (exact) mass is 409 g/mol. The molecule has 0 radical (unpaired) electrons. The Kier molecular flexibility index (Phi) is 6.79. The molecule has 2 saturated heterocycles. The van der Waals surface area contributed by atoms with Crippen LogP contribution in [0.2, 0.25) is 0 Å². The van der Waals surface area contributed by atoms with Crippen molar-refractivity contribution < 1.29 is 22.7 Å². The molecule has 0 saturated carbocycles. The zero-order chi connectivity index (χ0) is 19.5. The van der Waals surface area contributed by atoms with E-state index in [-0.39, 0.29) is 30.1 Å². The number of carbonyl (C=O) groups excluding carboxylic acids is 2. The van der Waals surface area contributed by atoms with E-state index in [0.717, 1.165) is 13.1 Å². The smallest absolute Gasteiger partial charge is 0.410 e. The molecule has 0 aromatic heterocycles. The summed E-state index contributed by atoms with van der Waals surface area (Å²) in [4.78, 5) is 29.7. The van der Waals surface area contributed by atoms with Crippen molar-refractivity contribution in [3.63, 3.8) is 0 Å². The van der Waals surface area contributed by atoms with Gasteiger partial charge in [0.15, 0.2) is 0 Å². The summed E-state index contributed by atoms with van der Waals surface area (Å²) in [6.07, 6.45) is -0.0600. The van der Waals surface area contributed by atoms with Crippen molar-refractivity contribution in [1.29, 1.82) is 0 Å². The number of hydrogen-bond acceptors (Lipinski definition) is 6. The summed E-state index contributed by atoms with van der Waals surface area (Å²) in [5, 5.41) is 0. The van der Waals surface area contributed by atoms with Crippen LogP contribution in [0.3, 0.4) is 0 Å². The molecule has 0 aromatic rings. The zero-order valence-corrected chi connectivity index (χ0v) is 17.2. The van der Waals surface area contributed by atoms with Gasteiger partial charge in [0.1, 0.15) is 5.60 Å². The Morgan fingerprint density at radius 2 is 1.81 bits per heavy atom. The molecule has 2 heterocycles. The van der Waals surface area contributed by atoms with Gasteiger partial charge in [0, 0.05) is 68.8 Å². The van der Waals surface area contributed by atoms with Crippen LogP contribution >= 0.6 is 10.7 Å². The molecule has 1 unspecified atom stereocenters. The number of amides is 2. The molecule has 2 aliphatic rings. The van der Waals surface area contributed by atoms with Crippen LogP contribution < -0.4 is 0 Å². The first-order valence-corrected chi connectivity index (χ1v) is 11.3. The second-order valence-corrected chi connectivity index (χ2v) is 10.7. The van der Waals surface area contributed by atoms with E-state index < -0.39 is 14.7 Å². The lowest BCUT2D eigenvalue weighted by molar-refractivity contribution is -0.127. The highest BCUT2D eigenvalue weighted by molar-refractivity contribution is 8.13. The van der Waals surface area contributed by atoms with Crippen LogP contribution in [0.25, 0.3) is 0 Å². The third-order valence-corrected chi connectivity index (χ3v) is 5.69. The summed E-state index contributed by atoms with van der Waals surface area (Å²) in [7, 11) is 1.69. The number of ether oxygens (including phenoxy) is 1. The van der Waals surface area contributed by atoms with E-state index >= 15 is 0 Å². The van der Waals surface area contributed by atoms with Crippen LogP contribution in [0.15, 0.2) is 0 Å². The van der Waals surface area contributed by atoms with Crippen molar-refractivity contribution in [3.05, 3.63) is 0 Å². The molecule has 0 aromatic carbocycles. The molecule has 150 valence electrons. The Balaban J connectivity index is 1.72. The van der Waals surface area contributed by atoms with Crippen LogP contribution in [0.4, 0.5) is 4.79 Å². The van der Waals surface area contributed by atoms with Crippen molar-refractivity contribution in [3.8, 4) is 0 Å². The topological polar surface area (TPSA) is 87.2 Å². The Morgan fingerprint density at radius 3 is 2.35 bits per heavy atom. The average molecular weight is 410 g/mol. The predicted octanol–water partition coefficient (Wildman–Crippen LogP) is 0.956. The number of likely N-dealkylation sites (tertiary alicyclic amines) is 1. The van der Waals surface area contributed by atoms with E-state index in [1.165, 1.54) is 0 Å². The largest absolute Gasteiger partial charge is 0.444 e. The van der Waals surface area contributed by atoms with Crippen LogP contribution in [0, 0.1) is 5.92 Å². The molecule has 2 amide bonds. The van der Waals surface area contributed by atoms with Gasteiger partial charge < -0.3 is 14.5 Å². The van der Waals surface area contributed by atoms with Crippen molar-refractivity contribution in [2.45, 2.75) is 32.8 Å². The van der Waals surface area contributed by atoms with Gasteiger partial charge in [0.05, 0.1) is 5.75 Å². The molecule has 0 N–H and O–H groups in total. The van der Waals surface area contributed by atoms with Crippen LogP contribution in [0.5, 0.6) is 0 Å². The van der Waals surface area contributed by atoms with Crippen molar-refractivity contribution >= 4 is 31.7 Å². The minimum Gasteiger partial charge on any atom is -0.444 e. The van der Waals surface area contributed by atoms with E-state index in [1.54, 1.807) is 9.80 Å².